The molecule has 1 fully saturated rings. The van der Waals surface area contributed by atoms with Gasteiger partial charge in [0.25, 0.3) is 0 Å². The minimum atomic E-state index is 0.344. The summed E-state index contributed by atoms with van der Waals surface area (Å²) in [7, 11) is 0. The number of rotatable bonds is 4. The SMILES string of the molecule is CC.CCCCO.Cc1cnn(CC2CCCCC2)c1. The highest BCUT2D eigenvalue weighted by atomic mass is 16.2. The van der Waals surface area contributed by atoms with E-state index >= 15 is 0 Å². The lowest BCUT2D eigenvalue weighted by Crippen LogP contribution is -2.14. The van der Waals surface area contributed by atoms with Gasteiger partial charge in [0.05, 0.1) is 6.20 Å². The van der Waals surface area contributed by atoms with E-state index in [4.69, 9.17) is 5.11 Å². The average Bonchev–Trinajstić information content (AvgIpc) is 2.89. The predicted molar refractivity (Wildman–Crippen MR) is 86.9 cm³/mol. The summed E-state index contributed by atoms with van der Waals surface area (Å²) in [4.78, 5) is 0. The van der Waals surface area contributed by atoms with E-state index in [1.165, 1.54) is 37.7 Å². The zero-order valence-electron chi connectivity index (χ0n) is 13.9. The van der Waals surface area contributed by atoms with Gasteiger partial charge in [0.2, 0.25) is 0 Å². The van der Waals surface area contributed by atoms with Crippen molar-refractivity contribution in [2.75, 3.05) is 6.61 Å². The molecule has 0 radical (unpaired) electrons. The summed E-state index contributed by atoms with van der Waals surface area (Å²) in [5.41, 5.74) is 1.27. The molecule has 118 valence electrons. The number of hydrogen-bond donors (Lipinski definition) is 1. The van der Waals surface area contributed by atoms with Crippen LogP contribution in [0.2, 0.25) is 0 Å². The summed E-state index contributed by atoms with van der Waals surface area (Å²) < 4.78 is 2.10. The molecular weight excluding hydrogens is 248 g/mol. The summed E-state index contributed by atoms with van der Waals surface area (Å²) in [6.45, 7) is 9.63. The molecule has 1 heterocycles. The van der Waals surface area contributed by atoms with Crippen molar-refractivity contribution < 1.29 is 5.11 Å². The Morgan fingerprint density at radius 2 is 1.90 bits per heavy atom. The molecule has 0 aliphatic heterocycles. The summed E-state index contributed by atoms with van der Waals surface area (Å²) in [5.74, 6) is 0.882. The molecule has 0 spiro atoms. The molecule has 20 heavy (non-hydrogen) atoms. The molecule has 1 saturated carbocycles. The van der Waals surface area contributed by atoms with Crippen molar-refractivity contribution in [1.29, 1.82) is 0 Å². The zero-order valence-corrected chi connectivity index (χ0v) is 13.9. The van der Waals surface area contributed by atoms with Crippen LogP contribution in [0.3, 0.4) is 0 Å². The maximum absolute atomic E-state index is 8.07. The van der Waals surface area contributed by atoms with Crippen LogP contribution in [-0.2, 0) is 6.54 Å². The highest BCUT2D eigenvalue weighted by Crippen LogP contribution is 2.24. The van der Waals surface area contributed by atoms with Gasteiger partial charge < -0.3 is 5.11 Å². The Hall–Kier alpha value is -0.830. The van der Waals surface area contributed by atoms with Gasteiger partial charge in [-0.1, -0.05) is 46.5 Å². The first-order valence-electron chi connectivity index (χ1n) is 8.36. The smallest absolute Gasteiger partial charge is 0.0518 e. The Balaban J connectivity index is 0.000000441. The van der Waals surface area contributed by atoms with E-state index in [0.717, 1.165) is 25.3 Å². The molecule has 0 amide bonds. The van der Waals surface area contributed by atoms with Crippen molar-refractivity contribution in [3.05, 3.63) is 18.0 Å². The Kier molecular flexibility index (Phi) is 12.6. The second-order valence-electron chi connectivity index (χ2n) is 5.32. The number of aliphatic hydroxyl groups is 1. The molecule has 0 bridgehead atoms. The van der Waals surface area contributed by atoms with Gasteiger partial charge in [0.1, 0.15) is 0 Å². The Morgan fingerprint density at radius 3 is 2.30 bits per heavy atom. The van der Waals surface area contributed by atoms with Crippen molar-refractivity contribution in [2.45, 2.75) is 79.2 Å². The molecule has 0 aromatic carbocycles. The fourth-order valence-electron chi connectivity index (χ4n) is 2.36. The predicted octanol–water partition coefficient (Wildman–Crippen LogP) is 4.58. The van der Waals surface area contributed by atoms with E-state index in [0.29, 0.717) is 6.61 Å². The quantitative estimate of drug-likeness (QED) is 0.878. The van der Waals surface area contributed by atoms with Crippen LogP contribution in [0, 0.1) is 12.8 Å². The maximum atomic E-state index is 8.07. The van der Waals surface area contributed by atoms with Crippen molar-refractivity contribution in [3.8, 4) is 0 Å². The number of aliphatic hydroxyl groups excluding tert-OH is 1. The van der Waals surface area contributed by atoms with E-state index in [9.17, 15) is 0 Å². The molecule has 3 nitrogen and oxygen atoms in total. The molecule has 1 aromatic heterocycles. The number of unbranched alkanes of at least 4 members (excludes halogenated alkanes) is 1. The van der Waals surface area contributed by atoms with Crippen LogP contribution >= 0.6 is 0 Å². The van der Waals surface area contributed by atoms with Crippen molar-refractivity contribution >= 4 is 0 Å². The maximum Gasteiger partial charge on any atom is 0.0518 e. The topological polar surface area (TPSA) is 38.1 Å². The first-order chi connectivity index (χ1) is 9.76. The standard InChI is InChI=1S/C11H18N2.C4H10O.C2H6/c1-10-7-12-13(8-10)9-11-5-3-2-4-6-11;1-2-3-4-5;1-2/h7-8,11H,2-6,9H2,1H3;5H,2-4H2,1H3;1-2H3. The monoisotopic (exact) mass is 282 g/mol. The Bertz CT molecular complexity index is 302. The third-order valence-corrected chi connectivity index (χ3v) is 3.44. The number of aryl methyl sites for hydroxylation is 1. The van der Waals surface area contributed by atoms with Gasteiger partial charge in [-0.25, -0.2) is 0 Å². The highest BCUT2D eigenvalue weighted by molar-refractivity contribution is 4.99. The fraction of sp³-hybridized carbons (Fsp3) is 0.824. The first kappa shape index (κ1) is 19.2. The molecule has 0 saturated heterocycles. The average molecular weight is 282 g/mol. The third-order valence-electron chi connectivity index (χ3n) is 3.44. The van der Waals surface area contributed by atoms with Crippen LogP contribution in [0.25, 0.3) is 0 Å². The molecular formula is C17H34N2O. The van der Waals surface area contributed by atoms with Crippen LogP contribution in [0.15, 0.2) is 12.4 Å². The van der Waals surface area contributed by atoms with E-state index in [-0.39, 0.29) is 0 Å². The van der Waals surface area contributed by atoms with Gasteiger partial charge in [0.15, 0.2) is 0 Å². The highest BCUT2D eigenvalue weighted by Gasteiger charge is 2.13. The van der Waals surface area contributed by atoms with E-state index in [1.807, 2.05) is 20.0 Å². The normalized spacial score (nSPS) is 14.8. The van der Waals surface area contributed by atoms with Gasteiger partial charge >= 0.3 is 0 Å². The van der Waals surface area contributed by atoms with Gasteiger partial charge in [-0.05, 0) is 37.7 Å². The minimum Gasteiger partial charge on any atom is -0.396 e. The first-order valence-corrected chi connectivity index (χ1v) is 8.36. The lowest BCUT2D eigenvalue weighted by atomic mass is 9.89. The van der Waals surface area contributed by atoms with Gasteiger partial charge in [-0.3, -0.25) is 4.68 Å². The van der Waals surface area contributed by atoms with Crippen LogP contribution < -0.4 is 0 Å². The molecule has 2 rings (SSSR count). The third kappa shape index (κ3) is 9.13. The molecule has 1 aliphatic carbocycles. The van der Waals surface area contributed by atoms with Crippen molar-refractivity contribution in [3.63, 3.8) is 0 Å². The fourth-order valence-corrected chi connectivity index (χ4v) is 2.36. The van der Waals surface area contributed by atoms with Crippen molar-refractivity contribution in [1.82, 2.24) is 9.78 Å². The lowest BCUT2D eigenvalue weighted by molar-refractivity contribution is 0.287. The lowest BCUT2D eigenvalue weighted by Gasteiger charge is -2.21. The minimum absolute atomic E-state index is 0.344. The van der Waals surface area contributed by atoms with Gasteiger partial charge in [0, 0.05) is 19.3 Å². The second kappa shape index (κ2) is 13.2. The summed E-state index contributed by atoms with van der Waals surface area (Å²) >= 11 is 0. The molecule has 1 N–H and O–H groups in total. The van der Waals surface area contributed by atoms with E-state index in [2.05, 4.69) is 29.8 Å². The number of aromatic nitrogens is 2. The summed E-state index contributed by atoms with van der Waals surface area (Å²) in [5, 5.41) is 12.4. The largest absolute Gasteiger partial charge is 0.396 e. The van der Waals surface area contributed by atoms with Crippen LogP contribution in [0.1, 0.15) is 71.3 Å². The number of hydrogen-bond acceptors (Lipinski definition) is 2. The molecule has 1 aromatic rings. The second-order valence-corrected chi connectivity index (χ2v) is 5.32. The van der Waals surface area contributed by atoms with Gasteiger partial charge in [-0.2, -0.15) is 5.10 Å². The Labute approximate surface area is 125 Å². The Morgan fingerprint density at radius 1 is 1.25 bits per heavy atom. The molecule has 3 heteroatoms. The zero-order chi connectivity index (χ0) is 15.2. The van der Waals surface area contributed by atoms with Crippen molar-refractivity contribution in [2.24, 2.45) is 5.92 Å². The molecule has 0 unspecified atom stereocenters. The van der Waals surface area contributed by atoms with Crippen LogP contribution in [0.5, 0.6) is 0 Å². The number of nitrogens with zero attached hydrogens (tertiary/aromatic N) is 2. The molecule has 1 aliphatic rings. The van der Waals surface area contributed by atoms with E-state index in [1.54, 1.807) is 0 Å². The van der Waals surface area contributed by atoms with Crippen LogP contribution in [-0.4, -0.2) is 21.5 Å². The summed E-state index contributed by atoms with van der Waals surface area (Å²) in [6, 6.07) is 0. The van der Waals surface area contributed by atoms with E-state index < -0.39 is 0 Å². The van der Waals surface area contributed by atoms with Crippen LogP contribution in [0.4, 0.5) is 0 Å². The van der Waals surface area contributed by atoms with Gasteiger partial charge in [-0.15, -0.1) is 0 Å². The molecule has 0 atom stereocenters. The summed E-state index contributed by atoms with van der Waals surface area (Å²) in [6.07, 6.45) is 13.2.